The van der Waals surface area contributed by atoms with Gasteiger partial charge in [0.25, 0.3) is 16.8 Å². The van der Waals surface area contributed by atoms with E-state index in [-0.39, 0.29) is 28.9 Å². The van der Waals surface area contributed by atoms with Crippen LogP contribution in [-0.2, 0) is 11.3 Å². The zero-order chi connectivity index (χ0) is 24.8. The second kappa shape index (κ2) is 8.91. The zero-order valence-electron chi connectivity index (χ0n) is 20.1. The molecule has 1 saturated heterocycles. The smallest absolute Gasteiger partial charge is 0.293 e. The first kappa shape index (κ1) is 24.0. The first-order valence-electron chi connectivity index (χ1n) is 11.4. The van der Waals surface area contributed by atoms with Gasteiger partial charge in [0, 0.05) is 29.9 Å². The quantitative estimate of drug-likeness (QED) is 0.286. The highest BCUT2D eigenvalue weighted by molar-refractivity contribution is 8.18. The van der Waals surface area contributed by atoms with Gasteiger partial charge in [0.1, 0.15) is 0 Å². The Hall–Kier alpha value is -3.13. The molecule has 0 aromatic heterocycles. The standard InChI is InChI=1S/C26H29N3O4S/c1-6-28-22-10-16(2)19(12-21(22)17(3)14-26(28,4)5)13-23-24(30)27(25(31)34-23)15-18-8-7-9-20(11-18)29(32)33/h7-13,17H,6,14-15H2,1-5H3/b23-13-. The monoisotopic (exact) mass is 479 g/mol. The van der Waals surface area contributed by atoms with Crippen molar-refractivity contribution in [3.63, 3.8) is 0 Å². The van der Waals surface area contributed by atoms with E-state index >= 15 is 0 Å². The minimum Gasteiger partial charge on any atom is -0.366 e. The number of rotatable bonds is 5. The lowest BCUT2D eigenvalue weighted by atomic mass is 9.79. The van der Waals surface area contributed by atoms with Gasteiger partial charge < -0.3 is 4.90 Å². The van der Waals surface area contributed by atoms with Gasteiger partial charge in [-0.25, -0.2) is 0 Å². The van der Waals surface area contributed by atoms with E-state index in [0.29, 0.717) is 16.4 Å². The lowest BCUT2D eigenvalue weighted by molar-refractivity contribution is -0.384. The maximum atomic E-state index is 13.1. The van der Waals surface area contributed by atoms with Gasteiger partial charge in [-0.2, -0.15) is 0 Å². The van der Waals surface area contributed by atoms with E-state index in [0.717, 1.165) is 40.8 Å². The van der Waals surface area contributed by atoms with E-state index in [2.05, 4.69) is 44.7 Å². The van der Waals surface area contributed by atoms with Gasteiger partial charge in [-0.1, -0.05) is 19.1 Å². The maximum absolute atomic E-state index is 13.1. The first-order valence-corrected chi connectivity index (χ1v) is 12.2. The normalized spacial score (nSPS) is 20.7. The van der Waals surface area contributed by atoms with Crippen molar-refractivity contribution >= 4 is 40.4 Å². The number of imide groups is 1. The fraction of sp³-hybridized carbons (Fsp3) is 0.385. The Morgan fingerprint density at radius 2 is 1.97 bits per heavy atom. The predicted octanol–water partition coefficient (Wildman–Crippen LogP) is 6.25. The highest BCUT2D eigenvalue weighted by Crippen LogP contribution is 2.45. The Morgan fingerprint density at radius 1 is 1.24 bits per heavy atom. The molecule has 2 aliphatic rings. The molecule has 0 radical (unpaired) electrons. The van der Waals surface area contributed by atoms with Crippen LogP contribution in [0.2, 0.25) is 0 Å². The van der Waals surface area contributed by atoms with Crippen molar-refractivity contribution in [3.05, 3.63) is 73.7 Å². The summed E-state index contributed by atoms with van der Waals surface area (Å²) < 4.78 is 0. The maximum Gasteiger partial charge on any atom is 0.293 e. The Bertz CT molecular complexity index is 1220. The van der Waals surface area contributed by atoms with Crippen LogP contribution >= 0.6 is 11.8 Å². The summed E-state index contributed by atoms with van der Waals surface area (Å²) in [6, 6.07) is 10.4. The molecule has 2 amide bonds. The molecule has 1 atom stereocenters. The zero-order valence-corrected chi connectivity index (χ0v) is 20.9. The van der Waals surface area contributed by atoms with Gasteiger partial charge in [0.15, 0.2) is 0 Å². The van der Waals surface area contributed by atoms with Gasteiger partial charge in [0.2, 0.25) is 0 Å². The Balaban J connectivity index is 1.63. The molecular weight excluding hydrogens is 450 g/mol. The Kier molecular flexibility index (Phi) is 6.29. The van der Waals surface area contributed by atoms with E-state index < -0.39 is 4.92 Å². The van der Waals surface area contributed by atoms with E-state index in [1.807, 2.05) is 6.92 Å². The third kappa shape index (κ3) is 4.34. The molecule has 8 heteroatoms. The van der Waals surface area contributed by atoms with Crippen LogP contribution in [0.15, 0.2) is 41.3 Å². The molecule has 2 heterocycles. The summed E-state index contributed by atoms with van der Waals surface area (Å²) in [6.45, 7) is 11.9. The molecule has 1 fully saturated rings. The number of non-ortho nitro benzene ring substituents is 1. The Labute approximate surface area is 204 Å². The van der Waals surface area contributed by atoms with Crippen LogP contribution in [0, 0.1) is 17.0 Å². The van der Waals surface area contributed by atoms with Gasteiger partial charge in [-0.15, -0.1) is 0 Å². The molecule has 0 bridgehead atoms. The molecule has 0 N–H and O–H groups in total. The summed E-state index contributed by atoms with van der Waals surface area (Å²) in [7, 11) is 0. The van der Waals surface area contributed by atoms with Gasteiger partial charge in [-0.05, 0) is 92.3 Å². The summed E-state index contributed by atoms with van der Waals surface area (Å²) >= 11 is 0.912. The van der Waals surface area contributed by atoms with E-state index in [4.69, 9.17) is 0 Å². The number of hydrogen-bond donors (Lipinski definition) is 0. The number of anilines is 1. The number of thioether (sulfide) groups is 1. The second-order valence-electron chi connectivity index (χ2n) is 9.62. The predicted molar refractivity (Wildman–Crippen MR) is 136 cm³/mol. The van der Waals surface area contributed by atoms with E-state index in [1.54, 1.807) is 18.2 Å². The molecule has 34 heavy (non-hydrogen) atoms. The fourth-order valence-corrected chi connectivity index (χ4v) is 5.96. The molecular formula is C26H29N3O4S. The number of fused-ring (bicyclic) bond motifs is 1. The molecule has 178 valence electrons. The third-order valence-electron chi connectivity index (χ3n) is 6.71. The van der Waals surface area contributed by atoms with Crippen LogP contribution in [-0.4, -0.2) is 33.1 Å². The average molecular weight is 480 g/mol. The highest BCUT2D eigenvalue weighted by atomic mass is 32.2. The van der Waals surface area contributed by atoms with E-state index in [1.165, 1.54) is 23.4 Å². The summed E-state index contributed by atoms with van der Waals surface area (Å²) in [4.78, 5) is 40.2. The third-order valence-corrected chi connectivity index (χ3v) is 7.62. The average Bonchev–Trinajstić information content (AvgIpc) is 3.02. The van der Waals surface area contributed by atoms with Crippen LogP contribution in [0.5, 0.6) is 0 Å². The number of benzene rings is 2. The van der Waals surface area contributed by atoms with Crippen LogP contribution in [0.25, 0.3) is 6.08 Å². The molecule has 1 unspecified atom stereocenters. The van der Waals surface area contributed by atoms with Crippen molar-refractivity contribution in [3.8, 4) is 0 Å². The Morgan fingerprint density at radius 3 is 2.65 bits per heavy atom. The fourth-order valence-electron chi connectivity index (χ4n) is 5.13. The summed E-state index contributed by atoms with van der Waals surface area (Å²) in [5.41, 5.74) is 5.02. The molecule has 0 spiro atoms. The first-order chi connectivity index (χ1) is 16.0. The summed E-state index contributed by atoms with van der Waals surface area (Å²) in [6.07, 6.45) is 2.84. The molecule has 0 saturated carbocycles. The molecule has 7 nitrogen and oxygen atoms in total. The van der Waals surface area contributed by atoms with Crippen LogP contribution in [0.3, 0.4) is 0 Å². The number of hydrogen-bond acceptors (Lipinski definition) is 6. The van der Waals surface area contributed by atoms with Gasteiger partial charge >= 0.3 is 0 Å². The minimum absolute atomic E-state index is 0.00440. The van der Waals surface area contributed by atoms with Crippen molar-refractivity contribution in [1.82, 2.24) is 4.90 Å². The van der Waals surface area contributed by atoms with Crippen molar-refractivity contribution in [1.29, 1.82) is 0 Å². The topological polar surface area (TPSA) is 83.8 Å². The molecule has 2 aromatic carbocycles. The van der Waals surface area contributed by atoms with Crippen molar-refractivity contribution in [2.45, 2.75) is 59.0 Å². The van der Waals surface area contributed by atoms with Crippen molar-refractivity contribution < 1.29 is 14.5 Å². The largest absolute Gasteiger partial charge is 0.366 e. The van der Waals surface area contributed by atoms with Crippen molar-refractivity contribution in [2.75, 3.05) is 11.4 Å². The number of nitro groups is 1. The molecule has 0 aliphatic carbocycles. The number of aryl methyl sites for hydroxylation is 1. The second-order valence-corrected chi connectivity index (χ2v) is 10.6. The lowest BCUT2D eigenvalue weighted by Gasteiger charge is -2.47. The van der Waals surface area contributed by atoms with Crippen LogP contribution in [0.1, 0.15) is 62.3 Å². The summed E-state index contributed by atoms with van der Waals surface area (Å²) in [5, 5.41) is 10.7. The van der Waals surface area contributed by atoms with E-state index in [9.17, 15) is 19.7 Å². The highest BCUT2D eigenvalue weighted by Gasteiger charge is 2.37. The number of carbonyl (C=O) groups is 2. The summed E-state index contributed by atoms with van der Waals surface area (Å²) in [5.74, 6) is 0.00692. The lowest BCUT2D eigenvalue weighted by Crippen LogP contribution is -2.48. The van der Waals surface area contributed by atoms with Gasteiger partial charge in [0.05, 0.1) is 16.4 Å². The SMILES string of the molecule is CCN1c2cc(C)c(/C=C3\SC(=O)N(Cc4cccc([N+](=O)[O-])c4)C3=O)cc2C(C)CC1(C)C. The van der Waals surface area contributed by atoms with Crippen molar-refractivity contribution in [2.24, 2.45) is 0 Å². The molecule has 4 rings (SSSR count). The minimum atomic E-state index is -0.488. The number of nitrogens with zero attached hydrogens (tertiary/aromatic N) is 3. The molecule has 2 aliphatic heterocycles. The van der Waals surface area contributed by atoms with Crippen LogP contribution < -0.4 is 4.90 Å². The molecule has 2 aromatic rings. The number of amides is 2. The van der Waals surface area contributed by atoms with Gasteiger partial charge in [-0.3, -0.25) is 24.6 Å². The van der Waals surface area contributed by atoms with Crippen LogP contribution in [0.4, 0.5) is 16.2 Å². The number of carbonyl (C=O) groups excluding carboxylic acids is 2. The number of nitro benzene ring substituents is 1.